The lowest BCUT2D eigenvalue weighted by atomic mass is 10.0. The van der Waals surface area contributed by atoms with E-state index in [4.69, 9.17) is 4.74 Å². The summed E-state index contributed by atoms with van der Waals surface area (Å²) in [7, 11) is 1.37. The Morgan fingerprint density at radius 3 is 2.44 bits per heavy atom. The monoisotopic (exact) mass is 374 g/mol. The van der Waals surface area contributed by atoms with Crippen molar-refractivity contribution in [3.8, 4) is 0 Å². The van der Waals surface area contributed by atoms with E-state index in [2.05, 4.69) is 5.32 Å². The van der Waals surface area contributed by atoms with Gasteiger partial charge in [0, 0.05) is 30.8 Å². The molecule has 1 fully saturated rings. The Bertz CT molecular complexity index is 666. The number of rotatable bonds is 6. The molecule has 6 nitrogen and oxygen atoms in total. The summed E-state index contributed by atoms with van der Waals surface area (Å²) in [4.78, 5) is 38.4. The van der Waals surface area contributed by atoms with Gasteiger partial charge in [-0.3, -0.25) is 14.4 Å². The van der Waals surface area contributed by atoms with Crippen molar-refractivity contribution in [3.05, 3.63) is 29.8 Å². The van der Waals surface area contributed by atoms with Crippen molar-refractivity contribution in [1.82, 2.24) is 4.90 Å². The van der Waals surface area contributed by atoms with Crippen molar-refractivity contribution < 1.29 is 19.1 Å². The normalized spacial score (nSPS) is 16.1. The van der Waals surface area contributed by atoms with Crippen molar-refractivity contribution in [2.75, 3.05) is 19.0 Å². The van der Waals surface area contributed by atoms with E-state index in [9.17, 15) is 14.4 Å². The molecule has 27 heavy (non-hydrogen) atoms. The quantitative estimate of drug-likeness (QED) is 0.609. The van der Waals surface area contributed by atoms with Crippen LogP contribution < -0.4 is 5.32 Å². The Morgan fingerprint density at radius 1 is 1.19 bits per heavy atom. The highest BCUT2D eigenvalue weighted by Crippen LogP contribution is 2.25. The highest BCUT2D eigenvalue weighted by atomic mass is 16.5. The van der Waals surface area contributed by atoms with Gasteiger partial charge in [-0.15, -0.1) is 0 Å². The van der Waals surface area contributed by atoms with Gasteiger partial charge in [0.05, 0.1) is 13.0 Å². The van der Waals surface area contributed by atoms with Gasteiger partial charge in [-0.1, -0.05) is 38.7 Å². The fraction of sp³-hybridized carbons (Fsp3) is 0.571. The van der Waals surface area contributed by atoms with E-state index in [1.807, 2.05) is 4.90 Å². The first kappa shape index (κ1) is 20.9. The zero-order chi connectivity index (χ0) is 19.8. The number of benzene rings is 1. The van der Waals surface area contributed by atoms with Crippen LogP contribution in [0.25, 0.3) is 0 Å². The van der Waals surface area contributed by atoms with E-state index >= 15 is 0 Å². The zero-order valence-electron chi connectivity index (χ0n) is 16.5. The second-order valence-corrected chi connectivity index (χ2v) is 7.29. The van der Waals surface area contributed by atoms with Crippen molar-refractivity contribution in [2.24, 2.45) is 5.92 Å². The molecular formula is C21H30N2O4. The van der Waals surface area contributed by atoms with Crippen LogP contribution in [-0.4, -0.2) is 42.4 Å². The summed E-state index contributed by atoms with van der Waals surface area (Å²) >= 11 is 0. The predicted molar refractivity (Wildman–Crippen MR) is 104 cm³/mol. The van der Waals surface area contributed by atoms with Gasteiger partial charge in [0.1, 0.15) is 0 Å². The van der Waals surface area contributed by atoms with E-state index in [0.717, 1.165) is 25.7 Å². The number of amides is 2. The molecule has 1 unspecified atom stereocenters. The number of ether oxygens (including phenoxy) is 1. The maximum atomic E-state index is 13.3. The summed E-state index contributed by atoms with van der Waals surface area (Å²) in [6.45, 7) is 3.56. The summed E-state index contributed by atoms with van der Waals surface area (Å²) in [5, 5.41) is 2.71. The van der Waals surface area contributed by atoms with Crippen molar-refractivity contribution in [1.29, 1.82) is 0 Å². The van der Waals surface area contributed by atoms with Gasteiger partial charge >= 0.3 is 5.97 Å². The average Bonchev–Trinajstić information content (AvgIpc) is 2.93. The highest BCUT2D eigenvalue weighted by Gasteiger charge is 2.29. The number of nitrogens with one attached hydrogen (secondary N) is 1. The average molecular weight is 374 g/mol. The maximum absolute atomic E-state index is 13.3. The summed E-state index contributed by atoms with van der Waals surface area (Å²) in [6, 6.07) is 7.08. The second-order valence-electron chi connectivity index (χ2n) is 7.29. The molecule has 1 saturated carbocycles. The van der Waals surface area contributed by atoms with Crippen molar-refractivity contribution in [3.63, 3.8) is 0 Å². The molecule has 0 saturated heterocycles. The maximum Gasteiger partial charge on any atom is 0.310 e. The van der Waals surface area contributed by atoms with Gasteiger partial charge in [-0.25, -0.2) is 0 Å². The molecule has 2 rings (SSSR count). The second kappa shape index (κ2) is 10.1. The molecule has 1 N–H and O–H groups in total. The molecule has 2 amide bonds. The molecule has 0 aromatic heterocycles. The van der Waals surface area contributed by atoms with Crippen LogP contribution in [0.15, 0.2) is 24.3 Å². The molecule has 1 aromatic carbocycles. The molecule has 0 heterocycles. The largest absolute Gasteiger partial charge is 0.469 e. The van der Waals surface area contributed by atoms with E-state index in [1.54, 1.807) is 31.2 Å². The number of esters is 1. The number of methoxy groups -OCH3 is 1. The highest BCUT2D eigenvalue weighted by molar-refractivity contribution is 5.97. The summed E-state index contributed by atoms with van der Waals surface area (Å²) in [5.41, 5.74) is 1.11. The molecule has 1 aliphatic rings. The molecule has 0 radical (unpaired) electrons. The van der Waals surface area contributed by atoms with Gasteiger partial charge in [-0.2, -0.15) is 0 Å². The van der Waals surface area contributed by atoms with E-state index in [1.165, 1.54) is 26.9 Å². The third-order valence-corrected chi connectivity index (χ3v) is 5.03. The Balaban J connectivity index is 2.26. The number of anilines is 1. The Kier molecular flexibility index (Phi) is 7.82. The summed E-state index contributed by atoms with van der Waals surface area (Å²) in [6.07, 6.45) is 6.45. The van der Waals surface area contributed by atoms with Crippen LogP contribution in [0, 0.1) is 5.92 Å². The molecule has 1 atom stereocenters. The number of nitrogens with zero attached hydrogens (tertiary/aromatic N) is 1. The lowest BCUT2D eigenvalue weighted by Gasteiger charge is -2.33. The number of hydrogen-bond acceptors (Lipinski definition) is 4. The first-order valence-corrected chi connectivity index (χ1v) is 9.68. The van der Waals surface area contributed by atoms with Gasteiger partial charge in [0.25, 0.3) is 5.91 Å². The molecule has 0 spiro atoms. The Labute approximate surface area is 161 Å². The first-order chi connectivity index (χ1) is 12.9. The summed E-state index contributed by atoms with van der Waals surface area (Å²) in [5.74, 6) is -0.987. The molecule has 1 aliphatic carbocycles. The van der Waals surface area contributed by atoms with Crippen LogP contribution in [0.5, 0.6) is 0 Å². The molecule has 0 bridgehead atoms. The van der Waals surface area contributed by atoms with Gasteiger partial charge in [0.15, 0.2) is 0 Å². The SMILES string of the molecule is COC(=O)C(C)CN(C(=O)c1cccc(NC(C)=O)c1)C1CCCCCC1. The minimum absolute atomic E-state index is 0.107. The number of carbonyl (C=O) groups is 3. The minimum atomic E-state index is -0.388. The molecule has 148 valence electrons. The smallest absolute Gasteiger partial charge is 0.310 e. The lowest BCUT2D eigenvalue weighted by Crippen LogP contribution is -2.44. The Morgan fingerprint density at radius 2 is 1.85 bits per heavy atom. The lowest BCUT2D eigenvalue weighted by molar-refractivity contribution is -0.145. The van der Waals surface area contributed by atoms with E-state index < -0.39 is 0 Å². The van der Waals surface area contributed by atoms with Crippen LogP contribution in [0.1, 0.15) is 62.7 Å². The molecular weight excluding hydrogens is 344 g/mol. The van der Waals surface area contributed by atoms with Crippen molar-refractivity contribution >= 4 is 23.5 Å². The first-order valence-electron chi connectivity index (χ1n) is 9.68. The topological polar surface area (TPSA) is 75.7 Å². The predicted octanol–water partition coefficient (Wildman–Crippen LogP) is 3.62. The fourth-order valence-electron chi connectivity index (χ4n) is 3.64. The van der Waals surface area contributed by atoms with Crippen LogP contribution in [0.3, 0.4) is 0 Å². The van der Waals surface area contributed by atoms with Crippen LogP contribution >= 0.6 is 0 Å². The molecule has 0 aliphatic heterocycles. The number of hydrogen-bond donors (Lipinski definition) is 1. The third kappa shape index (κ3) is 6.08. The van der Waals surface area contributed by atoms with Gasteiger partial charge < -0.3 is 15.0 Å². The zero-order valence-corrected chi connectivity index (χ0v) is 16.5. The number of carbonyl (C=O) groups excluding carboxylic acids is 3. The van der Waals surface area contributed by atoms with Gasteiger partial charge in [0.2, 0.25) is 5.91 Å². The van der Waals surface area contributed by atoms with E-state index in [0.29, 0.717) is 17.8 Å². The Hall–Kier alpha value is -2.37. The van der Waals surface area contributed by atoms with Crippen molar-refractivity contribution in [2.45, 2.75) is 58.4 Å². The van der Waals surface area contributed by atoms with Crippen LogP contribution in [-0.2, 0) is 14.3 Å². The van der Waals surface area contributed by atoms with Crippen LogP contribution in [0.4, 0.5) is 5.69 Å². The fourth-order valence-corrected chi connectivity index (χ4v) is 3.64. The third-order valence-electron chi connectivity index (χ3n) is 5.03. The van der Waals surface area contributed by atoms with Gasteiger partial charge in [-0.05, 0) is 31.0 Å². The minimum Gasteiger partial charge on any atom is -0.469 e. The van der Waals surface area contributed by atoms with Crippen LogP contribution in [0.2, 0.25) is 0 Å². The summed E-state index contributed by atoms with van der Waals surface area (Å²) < 4.78 is 4.85. The molecule has 6 heteroatoms. The van der Waals surface area contributed by atoms with E-state index in [-0.39, 0.29) is 29.7 Å². The molecule has 1 aromatic rings. The standard InChI is InChI=1S/C21H30N2O4/c1-15(21(26)27-3)14-23(19-11-6-4-5-7-12-19)20(25)17-9-8-10-18(13-17)22-16(2)24/h8-10,13,15,19H,4-7,11-12,14H2,1-3H3,(H,22,24).